The Balaban J connectivity index is 1.60. The predicted octanol–water partition coefficient (Wildman–Crippen LogP) is 1.93. The summed E-state index contributed by atoms with van der Waals surface area (Å²) in [5.41, 5.74) is 1.73. The van der Waals surface area contributed by atoms with Crippen LogP contribution in [-0.4, -0.2) is 46.4 Å². The number of benzene rings is 1. The highest BCUT2D eigenvalue weighted by molar-refractivity contribution is 5.87. The van der Waals surface area contributed by atoms with Gasteiger partial charge in [0, 0.05) is 25.2 Å². The first-order chi connectivity index (χ1) is 11.8. The normalized spacial score (nSPS) is 25.4. The predicted molar refractivity (Wildman–Crippen MR) is 90.3 cm³/mol. The van der Waals surface area contributed by atoms with E-state index in [1.165, 1.54) is 5.56 Å². The molecule has 0 spiro atoms. The third-order valence-electron chi connectivity index (χ3n) is 5.40. The lowest BCUT2D eigenvalue weighted by Gasteiger charge is -2.37. The van der Waals surface area contributed by atoms with Gasteiger partial charge in [0.25, 0.3) is 0 Å². The Labute approximate surface area is 139 Å². The molecule has 5 rings (SSSR count). The smallest absolute Gasteiger partial charge is 0.142 e. The number of anilines is 1. The van der Waals surface area contributed by atoms with E-state index in [9.17, 15) is 5.11 Å². The molecule has 24 heavy (non-hydrogen) atoms. The monoisotopic (exact) mass is 322 g/mol. The fraction of sp³-hybridized carbons (Fsp3) is 0.333. The zero-order valence-electron chi connectivity index (χ0n) is 13.1. The van der Waals surface area contributed by atoms with Gasteiger partial charge in [-0.2, -0.15) is 0 Å². The summed E-state index contributed by atoms with van der Waals surface area (Å²) in [7, 11) is 0. The highest BCUT2D eigenvalue weighted by Crippen LogP contribution is 2.50. The van der Waals surface area contributed by atoms with Crippen molar-refractivity contribution >= 4 is 16.9 Å². The maximum absolute atomic E-state index is 10.2. The third kappa shape index (κ3) is 1.80. The molecule has 1 aromatic carbocycles. The van der Waals surface area contributed by atoms with Crippen LogP contribution in [0.25, 0.3) is 11.0 Å². The van der Waals surface area contributed by atoms with Gasteiger partial charge >= 0.3 is 0 Å². The number of fused-ring (bicyclic) bond motifs is 4. The number of nitrogens with one attached hydrogen (secondary N) is 1. The molecular weight excluding hydrogens is 304 g/mol. The van der Waals surface area contributed by atoms with Crippen molar-refractivity contribution in [1.29, 1.82) is 0 Å². The molecule has 0 radical (unpaired) electrons. The van der Waals surface area contributed by atoms with Crippen molar-refractivity contribution in [1.82, 2.24) is 15.0 Å². The number of nitrogens with zero attached hydrogens (tertiary/aromatic N) is 3. The summed E-state index contributed by atoms with van der Waals surface area (Å²) in [6, 6.07) is 10.1. The van der Waals surface area contributed by atoms with Gasteiger partial charge in [-0.05, 0) is 17.7 Å². The Hall–Kier alpha value is -2.60. The fourth-order valence-electron chi connectivity index (χ4n) is 4.14. The van der Waals surface area contributed by atoms with Crippen LogP contribution in [0.15, 0.2) is 42.9 Å². The van der Waals surface area contributed by atoms with Crippen molar-refractivity contribution < 1.29 is 9.84 Å². The minimum Gasteiger partial charge on any atom is -0.493 e. The Bertz CT molecular complexity index is 909. The average molecular weight is 322 g/mol. The van der Waals surface area contributed by atoms with Crippen LogP contribution in [0.4, 0.5) is 5.82 Å². The molecule has 2 aromatic heterocycles. The minimum atomic E-state index is -0.290. The van der Waals surface area contributed by atoms with E-state index in [0.29, 0.717) is 6.61 Å². The van der Waals surface area contributed by atoms with Crippen molar-refractivity contribution in [3.63, 3.8) is 0 Å². The summed E-state index contributed by atoms with van der Waals surface area (Å²) in [5.74, 6) is 2.08. The maximum Gasteiger partial charge on any atom is 0.142 e. The molecule has 2 aliphatic heterocycles. The molecule has 0 amide bonds. The lowest BCUT2D eigenvalue weighted by Crippen LogP contribution is -2.42. The van der Waals surface area contributed by atoms with Gasteiger partial charge in [-0.1, -0.05) is 18.2 Å². The molecule has 2 aliphatic rings. The third-order valence-corrected chi connectivity index (χ3v) is 5.40. The number of ether oxygens (including phenoxy) is 1. The number of hydrogen-bond donors (Lipinski definition) is 2. The first-order valence-corrected chi connectivity index (χ1v) is 8.16. The van der Waals surface area contributed by atoms with E-state index >= 15 is 0 Å². The zero-order chi connectivity index (χ0) is 16.1. The molecule has 122 valence electrons. The number of H-pyrrole nitrogens is 1. The Morgan fingerprint density at radius 1 is 1.29 bits per heavy atom. The molecule has 6 heteroatoms. The molecule has 3 aromatic rings. The van der Waals surface area contributed by atoms with Crippen LogP contribution in [-0.2, 0) is 0 Å². The molecular formula is C18H18N4O2. The summed E-state index contributed by atoms with van der Waals surface area (Å²) in [4.78, 5) is 14.2. The summed E-state index contributed by atoms with van der Waals surface area (Å²) < 4.78 is 5.96. The molecule has 1 fully saturated rings. The van der Waals surface area contributed by atoms with Crippen LogP contribution < -0.4 is 9.64 Å². The maximum atomic E-state index is 10.2. The number of aliphatic hydroxyl groups is 1. The second-order valence-electron chi connectivity index (χ2n) is 6.72. The lowest BCUT2D eigenvalue weighted by atomic mass is 9.74. The topological polar surface area (TPSA) is 74.3 Å². The Kier molecular flexibility index (Phi) is 2.84. The van der Waals surface area contributed by atoms with Gasteiger partial charge < -0.3 is 19.7 Å². The van der Waals surface area contributed by atoms with Crippen LogP contribution in [0.3, 0.4) is 0 Å². The number of aliphatic hydroxyl groups excluding tert-OH is 1. The number of aromatic amines is 1. The van der Waals surface area contributed by atoms with Crippen LogP contribution >= 0.6 is 0 Å². The first kappa shape index (κ1) is 13.8. The SMILES string of the molecule is OCC12COc3ccccc3C1CN(c1ncnc3[nH]ccc13)C2. The van der Waals surface area contributed by atoms with E-state index < -0.39 is 0 Å². The molecule has 0 bridgehead atoms. The molecule has 2 atom stereocenters. The van der Waals surface area contributed by atoms with Gasteiger partial charge in [0.05, 0.1) is 24.0 Å². The van der Waals surface area contributed by atoms with Gasteiger partial charge in [-0.3, -0.25) is 0 Å². The number of rotatable bonds is 2. The van der Waals surface area contributed by atoms with Gasteiger partial charge in [0.2, 0.25) is 0 Å². The highest BCUT2D eigenvalue weighted by Gasteiger charge is 2.51. The largest absolute Gasteiger partial charge is 0.493 e. The van der Waals surface area contributed by atoms with Crippen molar-refractivity contribution in [3.05, 3.63) is 48.4 Å². The van der Waals surface area contributed by atoms with E-state index in [4.69, 9.17) is 4.74 Å². The molecule has 4 heterocycles. The Morgan fingerprint density at radius 2 is 2.21 bits per heavy atom. The molecule has 6 nitrogen and oxygen atoms in total. The average Bonchev–Trinajstić information content (AvgIpc) is 3.26. The second-order valence-corrected chi connectivity index (χ2v) is 6.72. The van der Waals surface area contributed by atoms with Gasteiger partial charge in [-0.15, -0.1) is 0 Å². The van der Waals surface area contributed by atoms with E-state index in [2.05, 4.69) is 25.9 Å². The van der Waals surface area contributed by atoms with Gasteiger partial charge in [0.15, 0.2) is 0 Å². The summed E-state index contributed by atoms with van der Waals surface area (Å²) in [5, 5.41) is 11.2. The van der Waals surface area contributed by atoms with Crippen LogP contribution in [0, 0.1) is 5.41 Å². The second kappa shape index (κ2) is 4.95. The molecule has 0 saturated carbocycles. The molecule has 1 saturated heterocycles. The number of aromatic nitrogens is 3. The lowest BCUT2D eigenvalue weighted by molar-refractivity contribution is 0.0535. The van der Waals surface area contributed by atoms with E-state index in [1.807, 2.05) is 30.5 Å². The van der Waals surface area contributed by atoms with Crippen molar-refractivity contribution in [2.45, 2.75) is 5.92 Å². The van der Waals surface area contributed by atoms with Crippen LogP contribution in [0.2, 0.25) is 0 Å². The van der Waals surface area contributed by atoms with E-state index in [-0.39, 0.29) is 17.9 Å². The standard InChI is InChI=1S/C18H18N4O2/c23-9-18-8-22(17-13-5-6-19-16(13)20-11-21-17)7-14(18)12-3-1-2-4-15(12)24-10-18/h1-6,11,14,23H,7-10H2,(H,19,20,21). The number of hydrogen-bond acceptors (Lipinski definition) is 5. The fourth-order valence-corrected chi connectivity index (χ4v) is 4.14. The van der Waals surface area contributed by atoms with Crippen molar-refractivity contribution in [3.8, 4) is 5.75 Å². The van der Waals surface area contributed by atoms with Gasteiger partial charge in [0.1, 0.15) is 23.5 Å². The Morgan fingerprint density at radius 3 is 3.12 bits per heavy atom. The van der Waals surface area contributed by atoms with E-state index in [0.717, 1.165) is 35.7 Å². The molecule has 2 unspecified atom stereocenters. The zero-order valence-corrected chi connectivity index (χ0v) is 13.1. The van der Waals surface area contributed by atoms with Gasteiger partial charge in [-0.25, -0.2) is 9.97 Å². The van der Waals surface area contributed by atoms with Crippen molar-refractivity contribution in [2.75, 3.05) is 31.2 Å². The van der Waals surface area contributed by atoms with Crippen LogP contribution in [0.5, 0.6) is 5.75 Å². The first-order valence-electron chi connectivity index (χ1n) is 8.16. The quantitative estimate of drug-likeness (QED) is 0.754. The number of para-hydroxylation sites is 1. The molecule has 2 N–H and O–H groups in total. The van der Waals surface area contributed by atoms with Crippen LogP contribution in [0.1, 0.15) is 11.5 Å². The summed E-state index contributed by atoms with van der Waals surface area (Å²) in [6.07, 6.45) is 3.47. The highest BCUT2D eigenvalue weighted by atomic mass is 16.5. The molecule has 0 aliphatic carbocycles. The summed E-state index contributed by atoms with van der Waals surface area (Å²) >= 11 is 0. The van der Waals surface area contributed by atoms with Crippen molar-refractivity contribution in [2.24, 2.45) is 5.41 Å². The summed E-state index contributed by atoms with van der Waals surface area (Å²) in [6.45, 7) is 2.17. The van der Waals surface area contributed by atoms with E-state index in [1.54, 1.807) is 6.33 Å². The minimum absolute atomic E-state index is 0.101.